The van der Waals surface area contributed by atoms with Crippen LogP contribution in [0.15, 0.2) is 35.1 Å². The number of carbonyl (C=O) groups is 1. The number of anilines is 1. The van der Waals surface area contributed by atoms with Gasteiger partial charge in [-0.05, 0) is 6.07 Å². The van der Waals surface area contributed by atoms with Gasteiger partial charge in [-0.25, -0.2) is 4.39 Å². The number of nitro groups is 1. The molecule has 0 aliphatic carbocycles. The summed E-state index contributed by atoms with van der Waals surface area (Å²) in [5, 5.41) is 16.2. The van der Waals surface area contributed by atoms with E-state index in [9.17, 15) is 19.3 Å². The number of carbonyl (C=O) groups excluding carboxylic acids is 1. The SMILES string of the molecule is O=C(Nc1ccon1)c1cc([N+](=O)[O-])ccc1F. The van der Waals surface area contributed by atoms with Gasteiger partial charge in [-0.15, -0.1) is 0 Å². The lowest BCUT2D eigenvalue weighted by atomic mass is 10.1. The van der Waals surface area contributed by atoms with E-state index in [2.05, 4.69) is 15.0 Å². The van der Waals surface area contributed by atoms with Gasteiger partial charge in [0.05, 0.1) is 10.5 Å². The van der Waals surface area contributed by atoms with Crippen molar-refractivity contribution in [1.82, 2.24) is 5.16 Å². The van der Waals surface area contributed by atoms with Crippen LogP contribution in [0.25, 0.3) is 0 Å². The Hall–Kier alpha value is -2.77. The van der Waals surface area contributed by atoms with Crippen LogP contribution in [0, 0.1) is 15.9 Å². The Balaban J connectivity index is 2.29. The standard InChI is InChI=1S/C10H6FN3O4/c11-8-2-1-6(14(16)17)5-7(8)10(15)12-9-3-4-18-13-9/h1-5H,(H,12,13,15). The molecule has 0 radical (unpaired) electrons. The van der Waals surface area contributed by atoms with Gasteiger partial charge in [0, 0.05) is 18.2 Å². The molecule has 0 fully saturated rings. The van der Waals surface area contributed by atoms with Gasteiger partial charge >= 0.3 is 0 Å². The number of rotatable bonds is 3. The molecule has 0 spiro atoms. The summed E-state index contributed by atoms with van der Waals surface area (Å²) in [6, 6.07) is 4.04. The predicted octanol–water partition coefficient (Wildman–Crippen LogP) is 1.97. The predicted molar refractivity (Wildman–Crippen MR) is 57.5 cm³/mol. The van der Waals surface area contributed by atoms with Crippen LogP contribution in [0.3, 0.4) is 0 Å². The first kappa shape index (κ1) is 11.7. The summed E-state index contributed by atoms with van der Waals surface area (Å²) in [5.41, 5.74) is -0.811. The van der Waals surface area contributed by atoms with Crippen molar-refractivity contribution in [3.05, 3.63) is 52.0 Å². The number of non-ortho nitro benzene ring substituents is 1. The van der Waals surface area contributed by atoms with Crippen molar-refractivity contribution in [3.63, 3.8) is 0 Å². The molecule has 8 heteroatoms. The summed E-state index contributed by atoms with van der Waals surface area (Å²) in [7, 11) is 0. The summed E-state index contributed by atoms with van der Waals surface area (Å²) in [4.78, 5) is 21.5. The summed E-state index contributed by atoms with van der Waals surface area (Å²) >= 11 is 0. The van der Waals surface area contributed by atoms with E-state index in [0.717, 1.165) is 18.2 Å². The summed E-state index contributed by atoms with van der Waals surface area (Å²) in [6.07, 6.45) is 1.22. The Morgan fingerprint density at radius 3 is 2.83 bits per heavy atom. The molecule has 1 aromatic heterocycles. The summed E-state index contributed by atoms with van der Waals surface area (Å²) < 4.78 is 17.9. The average molecular weight is 251 g/mol. The third kappa shape index (κ3) is 2.32. The Morgan fingerprint density at radius 2 is 2.22 bits per heavy atom. The Labute approximate surface area is 99.3 Å². The number of nitrogens with zero attached hydrogens (tertiary/aromatic N) is 2. The second-order valence-electron chi connectivity index (χ2n) is 3.26. The molecule has 92 valence electrons. The maximum Gasteiger partial charge on any atom is 0.270 e. The van der Waals surface area contributed by atoms with E-state index < -0.39 is 22.2 Å². The molecule has 0 aliphatic rings. The highest BCUT2D eigenvalue weighted by Crippen LogP contribution is 2.17. The van der Waals surface area contributed by atoms with E-state index in [0.29, 0.717) is 0 Å². The monoisotopic (exact) mass is 251 g/mol. The third-order valence-corrected chi connectivity index (χ3v) is 2.08. The molecule has 7 nitrogen and oxygen atoms in total. The largest absolute Gasteiger partial charge is 0.363 e. The first-order chi connectivity index (χ1) is 8.58. The smallest absolute Gasteiger partial charge is 0.270 e. The molecule has 0 atom stereocenters. The molecule has 1 heterocycles. The number of hydrogen-bond donors (Lipinski definition) is 1. The van der Waals surface area contributed by atoms with Crippen LogP contribution in [-0.2, 0) is 0 Å². The number of benzene rings is 1. The van der Waals surface area contributed by atoms with E-state index in [4.69, 9.17) is 0 Å². The zero-order chi connectivity index (χ0) is 13.1. The van der Waals surface area contributed by atoms with Crippen LogP contribution in [0.2, 0.25) is 0 Å². The molecular weight excluding hydrogens is 245 g/mol. The van der Waals surface area contributed by atoms with Crippen LogP contribution < -0.4 is 5.32 Å². The van der Waals surface area contributed by atoms with Gasteiger partial charge in [0.15, 0.2) is 5.82 Å². The van der Waals surface area contributed by atoms with Gasteiger partial charge in [0.2, 0.25) is 0 Å². The molecular formula is C10H6FN3O4. The quantitative estimate of drug-likeness (QED) is 0.664. The fourth-order valence-corrected chi connectivity index (χ4v) is 1.26. The number of aromatic nitrogens is 1. The van der Waals surface area contributed by atoms with Gasteiger partial charge < -0.3 is 9.84 Å². The van der Waals surface area contributed by atoms with E-state index in [1.54, 1.807) is 0 Å². The lowest BCUT2D eigenvalue weighted by Crippen LogP contribution is -2.14. The molecule has 1 amide bonds. The molecule has 0 bridgehead atoms. The number of nitro benzene ring substituents is 1. The Kier molecular flexibility index (Phi) is 3.00. The normalized spacial score (nSPS) is 10.1. The number of hydrogen-bond acceptors (Lipinski definition) is 5. The van der Waals surface area contributed by atoms with E-state index in [-0.39, 0.29) is 11.5 Å². The molecule has 1 aromatic carbocycles. The maximum absolute atomic E-state index is 13.4. The number of amides is 1. The van der Waals surface area contributed by atoms with Crippen LogP contribution in [-0.4, -0.2) is 16.0 Å². The zero-order valence-corrected chi connectivity index (χ0v) is 8.79. The number of nitrogens with one attached hydrogen (secondary N) is 1. The topological polar surface area (TPSA) is 98.3 Å². The highest BCUT2D eigenvalue weighted by Gasteiger charge is 2.17. The molecule has 0 unspecified atom stereocenters. The van der Waals surface area contributed by atoms with Crippen LogP contribution >= 0.6 is 0 Å². The van der Waals surface area contributed by atoms with Gasteiger partial charge in [0.1, 0.15) is 12.1 Å². The van der Waals surface area contributed by atoms with Crippen molar-refractivity contribution in [3.8, 4) is 0 Å². The summed E-state index contributed by atoms with van der Waals surface area (Å²) in [6.45, 7) is 0. The third-order valence-electron chi connectivity index (χ3n) is 2.08. The minimum atomic E-state index is -0.860. The second kappa shape index (κ2) is 4.62. The van der Waals surface area contributed by atoms with Crippen molar-refractivity contribution in [2.75, 3.05) is 5.32 Å². The van der Waals surface area contributed by atoms with Gasteiger partial charge in [-0.1, -0.05) is 5.16 Å². The van der Waals surface area contributed by atoms with Crippen molar-refractivity contribution in [2.45, 2.75) is 0 Å². The van der Waals surface area contributed by atoms with E-state index >= 15 is 0 Å². The maximum atomic E-state index is 13.4. The Morgan fingerprint density at radius 1 is 1.44 bits per heavy atom. The Bertz CT molecular complexity index is 597. The second-order valence-corrected chi connectivity index (χ2v) is 3.26. The van der Waals surface area contributed by atoms with Crippen molar-refractivity contribution < 1.29 is 18.6 Å². The first-order valence-electron chi connectivity index (χ1n) is 4.73. The zero-order valence-electron chi connectivity index (χ0n) is 8.79. The molecule has 2 aromatic rings. The van der Waals surface area contributed by atoms with E-state index in [1.165, 1.54) is 12.3 Å². The fraction of sp³-hybridized carbons (Fsp3) is 0. The number of halogens is 1. The highest BCUT2D eigenvalue weighted by molar-refractivity contribution is 6.04. The van der Waals surface area contributed by atoms with Crippen molar-refractivity contribution >= 4 is 17.4 Å². The highest BCUT2D eigenvalue weighted by atomic mass is 19.1. The van der Waals surface area contributed by atoms with Crippen molar-refractivity contribution in [2.24, 2.45) is 0 Å². The minimum absolute atomic E-state index is 0.0888. The lowest BCUT2D eigenvalue weighted by Gasteiger charge is -2.02. The van der Waals surface area contributed by atoms with Crippen molar-refractivity contribution in [1.29, 1.82) is 0 Å². The first-order valence-corrected chi connectivity index (χ1v) is 4.73. The van der Waals surface area contributed by atoms with Gasteiger partial charge in [-0.3, -0.25) is 14.9 Å². The van der Waals surface area contributed by atoms with Gasteiger partial charge in [-0.2, -0.15) is 0 Å². The average Bonchev–Trinajstić information content (AvgIpc) is 2.81. The van der Waals surface area contributed by atoms with Crippen LogP contribution in [0.4, 0.5) is 15.9 Å². The van der Waals surface area contributed by atoms with E-state index in [1.807, 2.05) is 0 Å². The summed E-state index contributed by atoms with van der Waals surface area (Å²) in [5.74, 6) is -1.61. The molecule has 1 N–H and O–H groups in total. The molecule has 18 heavy (non-hydrogen) atoms. The molecule has 0 saturated carbocycles. The molecule has 2 rings (SSSR count). The van der Waals surface area contributed by atoms with Crippen LogP contribution in [0.5, 0.6) is 0 Å². The minimum Gasteiger partial charge on any atom is -0.363 e. The fourth-order valence-electron chi connectivity index (χ4n) is 1.26. The molecule has 0 saturated heterocycles. The van der Waals surface area contributed by atoms with Crippen LogP contribution in [0.1, 0.15) is 10.4 Å². The lowest BCUT2D eigenvalue weighted by molar-refractivity contribution is -0.384. The molecule has 0 aliphatic heterocycles. The van der Waals surface area contributed by atoms with Gasteiger partial charge in [0.25, 0.3) is 11.6 Å².